The zero-order valence-electron chi connectivity index (χ0n) is 8.14. The Hall–Kier alpha value is -1.13. The summed E-state index contributed by atoms with van der Waals surface area (Å²) >= 11 is 7.33. The number of hydrogen-bond acceptors (Lipinski definition) is 4. The lowest BCUT2D eigenvalue weighted by molar-refractivity contribution is 0.865. The average Bonchev–Trinajstić information content (AvgIpc) is 2.74. The van der Waals surface area contributed by atoms with Crippen LogP contribution in [0.1, 0.15) is 18.5 Å². The van der Waals surface area contributed by atoms with Crippen LogP contribution in [0.25, 0.3) is 0 Å². The van der Waals surface area contributed by atoms with Crippen LogP contribution < -0.4 is 5.32 Å². The molecular formula is C10H10ClN3S. The molecule has 2 aromatic heterocycles. The van der Waals surface area contributed by atoms with Crippen molar-refractivity contribution in [3.63, 3.8) is 0 Å². The van der Waals surface area contributed by atoms with Gasteiger partial charge in [-0.15, -0.1) is 10.2 Å². The van der Waals surface area contributed by atoms with E-state index in [0.717, 1.165) is 5.82 Å². The Bertz CT molecular complexity index is 413. The molecule has 0 amide bonds. The number of hydrogen-bond donors (Lipinski definition) is 1. The second kappa shape index (κ2) is 4.59. The molecule has 15 heavy (non-hydrogen) atoms. The highest BCUT2D eigenvalue weighted by Crippen LogP contribution is 2.19. The third kappa shape index (κ3) is 2.67. The molecule has 3 nitrogen and oxygen atoms in total. The maximum absolute atomic E-state index is 5.65. The summed E-state index contributed by atoms with van der Waals surface area (Å²) in [5.41, 5.74) is 1.25. The Labute approximate surface area is 97.1 Å². The molecule has 2 rings (SSSR count). The van der Waals surface area contributed by atoms with Crippen molar-refractivity contribution in [1.29, 1.82) is 0 Å². The summed E-state index contributed by atoms with van der Waals surface area (Å²) in [5.74, 6) is 0.734. The summed E-state index contributed by atoms with van der Waals surface area (Å²) in [5, 5.41) is 15.5. The standard InChI is InChI=1S/C10H10ClN3S/c1-7(8-4-5-15-6-8)12-10-3-2-9(11)13-14-10/h2-7H,1H3,(H,12,14). The van der Waals surface area contributed by atoms with Gasteiger partial charge in [-0.1, -0.05) is 11.6 Å². The summed E-state index contributed by atoms with van der Waals surface area (Å²) in [7, 11) is 0. The van der Waals surface area contributed by atoms with Gasteiger partial charge in [-0.05, 0) is 41.4 Å². The van der Waals surface area contributed by atoms with E-state index in [1.54, 1.807) is 17.4 Å². The van der Waals surface area contributed by atoms with Gasteiger partial charge in [0.15, 0.2) is 5.15 Å². The van der Waals surface area contributed by atoms with Crippen LogP contribution in [0.15, 0.2) is 29.0 Å². The van der Waals surface area contributed by atoms with E-state index in [0.29, 0.717) is 5.15 Å². The highest BCUT2D eigenvalue weighted by molar-refractivity contribution is 7.07. The molecule has 5 heteroatoms. The molecular weight excluding hydrogens is 230 g/mol. The number of aromatic nitrogens is 2. The SMILES string of the molecule is CC(Nc1ccc(Cl)nn1)c1ccsc1. The van der Waals surface area contributed by atoms with E-state index in [1.807, 2.05) is 6.07 Å². The topological polar surface area (TPSA) is 37.8 Å². The summed E-state index contributed by atoms with van der Waals surface area (Å²) in [6.07, 6.45) is 0. The van der Waals surface area contributed by atoms with Gasteiger partial charge >= 0.3 is 0 Å². The molecule has 1 atom stereocenters. The third-order valence-electron chi connectivity index (χ3n) is 2.04. The minimum Gasteiger partial charge on any atom is -0.362 e. The van der Waals surface area contributed by atoms with Gasteiger partial charge in [0, 0.05) is 0 Å². The van der Waals surface area contributed by atoms with Crippen molar-refractivity contribution in [2.45, 2.75) is 13.0 Å². The van der Waals surface area contributed by atoms with E-state index in [2.05, 4.69) is 39.3 Å². The molecule has 0 saturated heterocycles. The van der Waals surface area contributed by atoms with Crippen LogP contribution in [-0.2, 0) is 0 Å². The van der Waals surface area contributed by atoms with Gasteiger partial charge in [0.25, 0.3) is 0 Å². The summed E-state index contributed by atoms with van der Waals surface area (Å²) in [6, 6.07) is 5.85. The monoisotopic (exact) mass is 239 g/mol. The van der Waals surface area contributed by atoms with Gasteiger partial charge < -0.3 is 5.32 Å². The number of halogens is 1. The third-order valence-corrected chi connectivity index (χ3v) is 2.94. The summed E-state index contributed by atoms with van der Waals surface area (Å²) < 4.78 is 0. The fourth-order valence-corrected chi connectivity index (χ4v) is 2.07. The Morgan fingerprint density at radius 3 is 2.80 bits per heavy atom. The second-order valence-electron chi connectivity index (χ2n) is 3.16. The molecule has 0 aromatic carbocycles. The van der Waals surface area contributed by atoms with Gasteiger partial charge in [0.1, 0.15) is 5.82 Å². The van der Waals surface area contributed by atoms with E-state index in [-0.39, 0.29) is 6.04 Å². The first kappa shape index (κ1) is 10.4. The molecule has 0 aliphatic rings. The van der Waals surface area contributed by atoms with Gasteiger partial charge in [-0.25, -0.2) is 0 Å². The molecule has 0 saturated carbocycles. The predicted molar refractivity (Wildman–Crippen MR) is 63.4 cm³/mol. The zero-order valence-corrected chi connectivity index (χ0v) is 9.72. The molecule has 1 N–H and O–H groups in total. The van der Waals surface area contributed by atoms with Gasteiger partial charge in [-0.2, -0.15) is 11.3 Å². The predicted octanol–water partition coefficient (Wildman–Crippen LogP) is 3.36. The van der Waals surface area contributed by atoms with Gasteiger partial charge in [0.2, 0.25) is 0 Å². The second-order valence-corrected chi connectivity index (χ2v) is 4.33. The normalized spacial score (nSPS) is 12.4. The molecule has 0 aliphatic heterocycles. The number of nitrogens with zero attached hydrogens (tertiary/aromatic N) is 2. The Balaban J connectivity index is 2.06. The number of rotatable bonds is 3. The van der Waals surface area contributed by atoms with Crippen LogP contribution in [0.3, 0.4) is 0 Å². The fraction of sp³-hybridized carbons (Fsp3) is 0.200. The molecule has 78 valence electrons. The van der Waals surface area contributed by atoms with Gasteiger partial charge in [0.05, 0.1) is 6.04 Å². The van der Waals surface area contributed by atoms with Crippen molar-refractivity contribution in [1.82, 2.24) is 10.2 Å². The van der Waals surface area contributed by atoms with Crippen molar-refractivity contribution in [2.24, 2.45) is 0 Å². The average molecular weight is 240 g/mol. The van der Waals surface area contributed by atoms with E-state index in [4.69, 9.17) is 11.6 Å². The maximum atomic E-state index is 5.65. The van der Waals surface area contributed by atoms with Crippen LogP contribution in [0.2, 0.25) is 5.15 Å². The van der Waals surface area contributed by atoms with Crippen LogP contribution in [0.4, 0.5) is 5.82 Å². The fourth-order valence-electron chi connectivity index (χ4n) is 1.22. The Morgan fingerprint density at radius 1 is 1.33 bits per heavy atom. The first-order chi connectivity index (χ1) is 7.25. The van der Waals surface area contributed by atoms with E-state index < -0.39 is 0 Å². The zero-order chi connectivity index (χ0) is 10.7. The van der Waals surface area contributed by atoms with Crippen molar-refractivity contribution >= 4 is 28.8 Å². The summed E-state index contributed by atoms with van der Waals surface area (Å²) in [6.45, 7) is 2.08. The van der Waals surface area contributed by atoms with Crippen molar-refractivity contribution in [3.8, 4) is 0 Å². The largest absolute Gasteiger partial charge is 0.362 e. The number of thiophene rings is 1. The smallest absolute Gasteiger partial charge is 0.151 e. The van der Waals surface area contributed by atoms with Crippen LogP contribution in [0.5, 0.6) is 0 Å². The number of nitrogens with one attached hydrogen (secondary N) is 1. The van der Waals surface area contributed by atoms with Crippen LogP contribution in [0, 0.1) is 0 Å². The minimum absolute atomic E-state index is 0.228. The van der Waals surface area contributed by atoms with Gasteiger partial charge in [-0.3, -0.25) is 0 Å². The first-order valence-corrected chi connectivity index (χ1v) is 5.85. The Morgan fingerprint density at radius 2 is 2.20 bits per heavy atom. The van der Waals surface area contributed by atoms with Crippen molar-refractivity contribution in [2.75, 3.05) is 5.32 Å². The lowest BCUT2D eigenvalue weighted by Crippen LogP contribution is -2.07. The molecule has 0 fully saturated rings. The maximum Gasteiger partial charge on any atom is 0.151 e. The number of anilines is 1. The molecule has 0 radical (unpaired) electrons. The van der Waals surface area contributed by atoms with Crippen molar-refractivity contribution in [3.05, 3.63) is 39.7 Å². The quantitative estimate of drug-likeness (QED) is 0.893. The summed E-state index contributed by atoms with van der Waals surface area (Å²) in [4.78, 5) is 0. The lowest BCUT2D eigenvalue weighted by Gasteiger charge is -2.12. The minimum atomic E-state index is 0.228. The lowest BCUT2D eigenvalue weighted by atomic mass is 10.2. The van der Waals surface area contributed by atoms with E-state index in [1.165, 1.54) is 5.56 Å². The van der Waals surface area contributed by atoms with E-state index in [9.17, 15) is 0 Å². The van der Waals surface area contributed by atoms with Crippen LogP contribution >= 0.6 is 22.9 Å². The van der Waals surface area contributed by atoms with Crippen molar-refractivity contribution < 1.29 is 0 Å². The molecule has 0 spiro atoms. The highest BCUT2D eigenvalue weighted by atomic mass is 35.5. The highest BCUT2D eigenvalue weighted by Gasteiger charge is 2.06. The molecule has 1 unspecified atom stereocenters. The molecule has 2 heterocycles. The molecule has 2 aromatic rings. The van der Waals surface area contributed by atoms with Crippen LogP contribution in [-0.4, -0.2) is 10.2 Å². The Kier molecular flexibility index (Phi) is 3.18. The molecule has 0 bridgehead atoms. The molecule has 0 aliphatic carbocycles. The van der Waals surface area contributed by atoms with E-state index >= 15 is 0 Å². The first-order valence-electron chi connectivity index (χ1n) is 4.53.